The van der Waals surface area contributed by atoms with Crippen LogP contribution in [0.15, 0.2) is 11.1 Å². The van der Waals surface area contributed by atoms with Crippen molar-refractivity contribution in [1.29, 1.82) is 0 Å². The molecule has 0 radical (unpaired) electrons. The van der Waals surface area contributed by atoms with Crippen LogP contribution in [0.25, 0.3) is 10.2 Å². The fourth-order valence-electron chi connectivity index (χ4n) is 4.07. The number of rotatable bonds is 5. The van der Waals surface area contributed by atoms with E-state index < -0.39 is 11.9 Å². The highest BCUT2D eigenvalue weighted by atomic mass is 32.1. The Bertz CT molecular complexity index is 993. The molecule has 30 heavy (non-hydrogen) atoms. The van der Waals surface area contributed by atoms with E-state index >= 15 is 0 Å². The highest BCUT2D eigenvalue weighted by molar-refractivity contribution is 7.20. The molecule has 0 N–H and O–H groups in total. The van der Waals surface area contributed by atoms with Gasteiger partial charge in [-0.05, 0) is 56.4 Å². The number of carbonyl (C=O) groups excluding carboxylic acids is 2. The minimum absolute atomic E-state index is 0.0956. The number of hydrogen-bond donors (Lipinski definition) is 0. The summed E-state index contributed by atoms with van der Waals surface area (Å²) >= 11 is 1.13. The number of aromatic nitrogens is 2. The number of carbonyl (C=O) groups is 2. The standard InChI is InChI=1S/C22H30N2O5S/c1-6-28-21(27)18-13(2)17-19(30-18)23-12-24(20(17)26)11-16(25)29-15-9-7-14(8-10-15)22(3,4)5/h12,14-15H,6-11H2,1-5H3. The summed E-state index contributed by atoms with van der Waals surface area (Å²) in [4.78, 5) is 42.5. The van der Waals surface area contributed by atoms with Gasteiger partial charge < -0.3 is 9.47 Å². The molecule has 0 aliphatic heterocycles. The van der Waals surface area contributed by atoms with E-state index in [-0.39, 0.29) is 30.2 Å². The maximum atomic E-state index is 12.9. The molecule has 0 saturated heterocycles. The van der Waals surface area contributed by atoms with Gasteiger partial charge in [-0.2, -0.15) is 0 Å². The molecule has 164 valence electrons. The molecule has 0 unspecified atom stereocenters. The van der Waals surface area contributed by atoms with Crippen molar-refractivity contribution in [2.75, 3.05) is 6.61 Å². The zero-order valence-electron chi connectivity index (χ0n) is 18.3. The number of esters is 2. The summed E-state index contributed by atoms with van der Waals surface area (Å²) in [7, 11) is 0. The van der Waals surface area contributed by atoms with E-state index in [2.05, 4.69) is 25.8 Å². The zero-order valence-corrected chi connectivity index (χ0v) is 19.1. The van der Waals surface area contributed by atoms with Crippen molar-refractivity contribution in [3.05, 3.63) is 27.1 Å². The molecule has 2 heterocycles. The molecule has 2 aromatic rings. The molecule has 0 amide bonds. The Morgan fingerprint density at radius 2 is 1.90 bits per heavy atom. The fourth-order valence-corrected chi connectivity index (χ4v) is 5.11. The maximum Gasteiger partial charge on any atom is 0.348 e. The second kappa shape index (κ2) is 8.88. The van der Waals surface area contributed by atoms with Gasteiger partial charge in [-0.3, -0.25) is 14.2 Å². The van der Waals surface area contributed by atoms with Crippen LogP contribution in [0.2, 0.25) is 0 Å². The third-order valence-electron chi connectivity index (χ3n) is 5.87. The van der Waals surface area contributed by atoms with Crippen LogP contribution in [0, 0.1) is 18.3 Å². The Hall–Kier alpha value is -2.22. The van der Waals surface area contributed by atoms with Gasteiger partial charge in [0.25, 0.3) is 5.56 Å². The van der Waals surface area contributed by atoms with Crippen LogP contribution in [-0.2, 0) is 20.8 Å². The molecule has 1 saturated carbocycles. The van der Waals surface area contributed by atoms with Crippen LogP contribution < -0.4 is 5.56 Å². The Balaban J connectivity index is 1.69. The Labute approximate surface area is 180 Å². The van der Waals surface area contributed by atoms with Crippen LogP contribution in [0.4, 0.5) is 0 Å². The van der Waals surface area contributed by atoms with E-state index in [1.165, 1.54) is 10.9 Å². The van der Waals surface area contributed by atoms with Gasteiger partial charge in [0.1, 0.15) is 22.4 Å². The van der Waals surface area contributed by atoms with E-state index in [4.69, 9.17) is 9.47 Å². The molecule has 7 nitrogen and oxygen atoms in total. The van der Waals surface area contributed by atoms with Crippen molar-refractivity contribution in [3.63, 3.8) is 0 Å². The van der Waals surface area contributed by atoms with Crippen LogP contribution >= 0.6 is 11.3 Å². The number of hydrogen-bond acceptors (Lipinski definition) is 7. The van der Waals surface area contributed by atoms with Gasteiger partial charge in [-0.15, -0.1) is 11.3 Å². The van der Waals surface area contributed by atoms with Crippen LogP contribution in [-0.4, -0.2) is 34.2 Å². The van der Waals surface area contributed by atoms with Crippen LogP contribution in [0.3, 0.4) is 0 Å². The van der Waals surface area contributed by atoms with E-state index in [9.17, 15) is 14.4 Å². The molecule has 3 rings (SSSR count). The number of fused-ring (bicyclic) bond motifs is 1. The molecular weight excluding hydrogens is 404 g/mol. The van der Waals surface area contributed by atoms with E-state index in [0.29, 0.717) is 26.6 Å². The number of nitrogens with zero attached hydrogens (tertiary/aromatic N) is 2. The lowest BCUT2D eigenvalue weighted by atomic mass is 9.72. The van der Waals surface area contributed by atoms with Gasteiger partial charge in [0, 0.05) is 0 Å². The molecule has 1 aliphatic rings. The summed E-state index contributed by atoms with van der Waals surface area (Å²) in [6, 6.07) is 0. The van der Waals surface area contributed by atoms with Gasteiger partial charge in [-0.1, -0.05) is 20.8 Å². The van der Waals surface area contributed by atoms with Crippen molar-refractivity contribution in [1.82, 2.24) is 9.55 Å². The topological polar surface area (TPSA) is 87.5 Å². The number of thiophene rings is 1. The third-order valence-corrected chi connectivity index (χ3v) is 7.05. The van der Waals surface area contributed by atoms with Crippen LogP contribution in [0.5, 0.6) is 0 Å². The molecule has 1 fully saturated rings. The third kappa shape index (κ3) is 4.74. The Kier molecular flexibility index (Phi) is 6.65. The van der Waals surface area contributed by atoms with Gasteiger partial charge >= 0.3 is 11.9 Å². The summed E-state index contributed by atoms with van der Waals surface area (Å²) in [6.07, 6.45) is 5.03. The fraction of sp³-hybridized carbons (Fsp3) is 0.636. The minimum Gasteiger partial charge on any atom is -0.462 e. The van der Waals surface area contributed by atoms with Gasteiger partial charge in [0.15, 0.2) is 0 Å². The smallest absolute Gasteiger partial charge is 0.348 e. The maximum absolute atomic E-state index is 12.9. The first-order valence-electron chi connectivity index (χ1n) is 10.5. The lowest BCUT2D eigenvalue weighted by Crippen LogP contribution is -2.32. The summed E-state index contributed by atoms with van der Waals surface area (Å²) in [5.74, 6) is -0.262. The monoisotopic (exact) mass is 434 g/mol. The highest BCUT2D eigenvalue weighted by Crippen LogP contribution is 2.38. The van der Waals surface area contributed by atoms with Gasteiger partial charge in [-0.25, -0.2) is 9.78 Å². The molecule has 1 aliphatic carbocycles. The van der Waals surface area contributed by atoms with Crippen molar-refractivity contribution in [2.45, 2.75) is 73.0 Å². The predicted molar refractivity (Wildman–Crippen MR) is 116 cm³/mol. The summed E-state index contributed by atoms with van der Waals surface area (Å²) < 4.78 is 11.9. The van der Waals surface area contributed by atoms with Gasteiger partial charge in [0.05, 0.1) is 18.3 Å². The minimum atomic E-state index is -0.464. The average molecular weight is 435 g/mol. The largest absolute Gasteiger partial charge is 0.462 e. The van der Waals surface area contributed by atoms with Crippen molar-refractivity contribution in [3.8, 4) is 0 Å². The van der Waals surface area contributed by atoms with Crippen molar-refractivity contribution >= 4 is 33.5 Å². The Morgan fingerprint density at radius 1 is 1.23 bits per heavy atom. The first kappa shape index (κ1) is 22.5. The molecule has 0 aromatic carbocycles. The summed E-state index contributed by atoms with van der Waals surface area (Å²) in [5.41, 5.74) is 0.455. The van der Waals surface area contributed by atoms with E-state index in [1.807, 2.05) is 0 Å². The predicted octanol–water partition coefficient (Wildman–Crippen LogP) is 4.09. The molecule has 0 bridgehead atoms. The zero-order chi connectivity index (χ0) is 22.1. The second-order valence-electron chi connectivity index (χ2n) is 8.96. The quantitative estimate of drug-likeness (QED) is 0.659. The number of ether oxygens (including phenoxy) is 2. The van der Waals surface area contributed by atoms with Crippen molar-refractivity contribution < 1.29 is 19.1 Å². The summed E-state index contributed by atoms with van der Waals surface area (Å²) in [6.45, 7) is 10.2. The lowest BCUT2D eigenvalue weighted by molar-refractivity contribution is -0.152. The lowest BCUT2D eigenvalue weighted by Gasteiger charge is -2.36. The normalized spacial score (nSPS) is 19.6. The SMILES string of the molecule is CCOC(=O)c1sc2ncn(CC(=O)OC3CCC(C(C)(C)C)CC3)c(=O)c2c1C. The molecule has 0 spiro atoms. The molecule has 2 aromatic heterocycles. The Morgan fingerprint density at radius 3 is 2.50 bits per heavy atom. The highest BCUT2D eigenvalue weighted by Gasteiger charge is 2.31. The average Bonchev–Trinajstić information content (AvgIpc) is 3.01. The molecular formula is C22H30N2O5S. The van der Waals surface area contributed by atoms with Crippen LogP contribution in [0.1, 0.15) is 68.6 Å². The molecule has 0 atom stereocenters. The second-order valence-corrected chi connectivity index (χ2v) is 9.96. The van der Waals surface area contributed by atoms with E-state index in [0.717, 1.165) is 37.0 Å². The first-order valence-corrected chi connectivity index (χ1v) is 11.3. The van der Waals surface area contributed by atoms with Crippen molar-refractivity contribution in [2.24, 2.45) is 11.3 Å². The number of aryl methyl sites for hydroxylation is 1. The van der Waals surface area contributed by atoms with E-state index in [1.54, 1.807) is 13.8 Å². The first-order chi connectivity index (χ1) is 14.1. The van der Waals surface area contributed by atoms with Gasteiger partial charge in [0.2, 0.25) is 0 Å². The molecule has 8 heteroatoms. The summed E-state index contributed by atoms with van der Waals surface area (Å²) in [5, 5.41) is 0.351.